The van der Waals surface area contributed by atoms with Crippen LogP contribution in [-0.2, 0) is 20.5 Å². The quantitative estimate of drug-likeness (QED) is 0.477. The predicted molar refractivity (Wildman–Crippen MR) is 78.8 cm³/mol. The minimum atomic E-state index is -4.69. The van der Waals surface area contributed by atoms with Gasteiger partial charge in [0, 0.05) is 11.9 Å². The Bertz CT molecular complexity index is 711. The molecule has 6 nitrogen and oxygen atoms in total. The summed E-state index contributed by atoms with van der Waals surface area (Å²) >= 11 is 5.47. The number of alkyl halides is 3. The van der Waals surface area contributed by atoms with Crippen LogP contribution in [-0.4, -0.2) is 25.5 Å². The van der Waals surface area contributed by atoms with Gasteiger partial charge in [0.2, 0.25) is 0 Å². The number of hydrogen-bond acceptors (Lipinski definition) is 5. The minimum Gasteiger partial charge on any atom is -0.468 e. The van der Waals surface area contributed by atoms with Crippen LogP contribution in [0.2, 0.25) is 5.02 Å². The van der Waals surface area contributed by atoms with Crippen LogP contribution >= 0.6 is 11.6 Å². The van der Waals surface area contributed by atoms with Crippen molar-refractivity contribution in [2.45, 2.75) is 6.18 Å². The molecule has 0 aromatic heterocycles. The van der Waals surface area contributed by atoms with Crippen molar-refractivity contribution in [1.29, 1.82) is 5.26 Å². The van der Waals surface area contributed by atoms with Crippen LogP contribution < -0.4 is 10.6 Å². The molecule has 0 spiro atoms. The molecule has 1 aromatic carbocycles. The SMILES string of the molecule is COC(=O)CN/C=C(/C#N)C(=O)Nc1ccc(Cl)c(C(F)(F)F)c1. The standard InChI is InChI=1S/C14H11ClF3N3O3/c1-24-12(22)7-20-6-8(5-19)13(23)21-9-2-3-11(15)10(4-9)14(16,17)18/h2-4,6,20H,7H2,1H3,(H,21,23)/b8-6-. The fourth-order valence-electron chi connectivity index (χ4n) is 1.48. The molecule has 0 bridgehead atoms. The molecule has 0 aliphatic heterocycles. The molecule has 0 unspecified atom stereocenters. The van der Waals surface area contributed by atoms with Crippen LogP contribution in [0.1, 0.15) is 5.56 Å². The molecule has 24 heavy (non-hydrogen) atoms. The molecule has 128 valence electrons. The van der Waals surface area contributed by atoms with Gasteiger partial charge in [-0.05, 0) is 18.2 Å². The van der Waals surface area contributed by atoms with E-state index in [1.165, 1.54) is 0 Å². The first kappa shape index (κ1) is 19.3. The lowest BCUT2D eigenvalue weighted by Crippen LogP contribution is -2.22. The number of halogens is 4. The van der Waals surface area contributed by atoms with E-state index in [1.807, 2.05) is 0 Å². The highest BCUT2D eigenvalue weighted by Gasteiger charge is 2.33. The Labute approximate surface area is 139 Å². The van der Waals surface area contributed by atoms with Crippen LogP contribution in [0.5, 0.6) is 0 Å². The average Bonchev–Trinajstić information content (AvgIpc) is 2.51. The molecule has 0 atom stereocenters. The molecule has 2 N–H and O–H groups in total. The number of rotatable bonds is 5. The van der Waals surface area contributed by atoms with Crippen molar-refractivity contribution in [3.63, 3.8) is 0 Å². The normalized spacial score (nSPS) is 11.4. The first-order valence-corrected chi connectivity index (χ1v) is 6.65. The maximum absolute atomic E-state index is 12.8. The largest absolute Gasteiger partial charge is 0.468 e. The van der Waals surface area contributed by atoms with Crippen LogP contribution in [0.4, 0.5) is 18.9 Å². The summed E-state index contributed by atoms with van der Waals surface area (Å²) in [7, 11) is 1.16. The number of esters is 1. The van der Waals surface area contributed by atoms with E-state index in [0.717, 1.165) is 25.4 Å². The number of nitrogens with zero attached hydrogens (tertiary/aromatic N) is 1. The van der Waals surface area contributed by atoms with Gasteiger partial charge in [0.1, 0.15) is 18.2 Å². The van der Waals surface area contributed by atoms with E-state index < -0.39 is 34.2 Å². The predicted octanol–water partition coefficient (Wildman–Crippen LogP) is 2.47. The summed E-state index contributed by atoms with van der Waals surface area (Å²) in [5.74, 6) is -1.58. The monoisotopic (exact) mass is 361 g/mol. The molecular formula is C14H11ClF3N3O3. The Morgan fingerprint density at radius 3 is 2.62 bits per heavy atom. The van der Waals surface area contributed by atoms with Gasteiger partial charge in [-0.25, -0.2) is 0 Å². The van der Waals surface area contributed by atoms with Gasteiger partial charge in [0.25, 0.3) is 5.91 Å². The zero-order valence-electron chi connectivity index (χ0n) is 12.2. The first-order valence-electron chi connectivity index (χ1n) is 6.27. The number of ether oxygens (including phenoxy) is 1. The van der Waals surface area contributed by atoms with Crippen molar-refractivity contribution in [3.05, 3.63) is 40.6 Å². The number of carbonyl (C=O) groups is 2. The van der Waals surface area contributed by atoms with Crippen molar-refractivity contribution in [1.82, 2.24) is 5.32 Å². The Hall–Kier alpha value is -2.73. The first-order chi connectivity index (χ1) is 11.2. The van der Waals surface area contributed by atoms with Gasteiger partial charge in [-0.1, -0.05) is 11.6 Å². The van der Waals surface area contributed by atoms with Gasteiger partial charge in [0.05, 0.1) is 17.7 Å². The zero-order chi connectivity index (χ0) is 18.3. The summed E-state index contributed by atoms with van der Waals surface area (Å²) in [6.45, 7) is -0.284. The topological polar surface area (TPSA) is 91.2 Å². The highest BCUT2D eigenvalue weighted by atomic mass is 35.5. The van der Waals surface area contributed by atoms with E-state index in [9.17, 15) is 22.8 Å². The van der Waals surface area contributed by atoms with Gasteiger partial charge in [-0.3, -0.25) is 9.59 Å². The van der Waals surface area contributed by atoms with Gasteiger partial charge in [-0.2, -0.15) is 18.4 Å². The average molecular weight is 362 g/mol. The van der Waals surface area contributed by atoms with Gasteiger partial charge < -0.3 is 15.4 Å². The maximum Gasteiger partial charge on any atom is 0.417 e. The summed E-state index contributed by atoms with van der Waals surface area (Å²) in [6.07, 6.45) is -3.74. The third kappa shape index (κ3) is 5.48. The van der Waals surface area contributed by atoms with Crippen molar-refractivity contribution < 1.29 is 27.5 Å². The molecule has 0 aliphatic carbocycles. The number of nitriles is 1. The third-order valence-electron chi connectivity index (χ3n) is 2.62. The molecule has 10 heteroatoms. The highest BCUT2D eigenvalue weighted by Crippen LogP contribution is 2.36. The highest BCUT2D eigenvalue weighted by molar-refractivity contribution is 6.31. The molecule has 0 radical (unpaired) electrons. The summed E-state index contributed by atoms with van der Waals surface area (Å²) in [6, 6.07) is 4.34. The fraction of sp³-hybridized carbons (Fsp3) is 0.214. The second-order valence-electron chi connectivity index (χ2n) is 4.27. The molecule has 0 heterocycles. The van der Waals surface area contributed by atoms with Gasteiger partial charge in [0.15, 0.2) is 0 Å². The van der Waals surface area contributed by atoms with E-state index in [2.05, 4.69) is 15.4 Å². The Kier molecular flexibility index (Phi) is 6.61. The Morgan fingerprint density at radius 1 is 1.42 bits per heavy atom. The molecular weight excluding hydrogens is 351 g/mol. The molecule has 1 aromatic rings. The fourth-order valence-corrected chi connectivity index (χ4v) is 1.70. The van der Waals surface area contributed by atoms with E-state index in [-0.39, 0.29) is 12.2 Å². The summed E-state index contributed by atoms with van der Waals surface area (Å²) in [5.41, 5.74) is -1.75. The van der Waals surface area contributed by atoms with E-state index in [0.29, 0.717) is 6.07 Å². The number of anilines is 1. The van der Waals surface area contributed by atoms with Gasteiger partial charge >= 0.3 is 12.1 Å². The third-order valence-corrected chi connectivity index (χ3v) is 2.94. The number of methoxy groups -OCH3 is 1. The lowest BCUT2D eigenvalue weighted by atomic mass is 10.2. The summed E-state index contributed by atoms with van der Waals surface area (Å²) < 4.78 is 42.6. The van der Waals surface area contributed by atoms with Crippen molar-refractivity contribution in [2.75, 3.05) is 19.0 Å². The van der Waals surface area contributed by atoms with Crippen molar-refractivity contribution in [2.24, 2.45) is 0 Å². The van der Waals surface area contributed by atoms with Crippen LogP contribution in [0.3, 0.4) is 0 Å². The second-order valence-corrected chi connectivity index (χ2v) is 4.68. The van der Waals surface area contributed by atoms with E-state index in [4.69, 9.17) is 16.9 Å². The minimum absolute atomic E-state index is 0.189. The Morgan fingerprint density at radius 2 is 2.08 bits per heavy atom. The summed E-state index contributed by atoms with van der Waals surface area (Å²) in [4.78, 5) is 22.8. The zero-order valence-corrected chi connectivity index (χ0v) is 13.0. The van der Waals surface area contributed by atoms with Crippen molar-refractivity contribution >= 4 is 29.2 Å². The maximum atomic E-state index is 12.8. The molecule has 1 rings (SSSR count). The molecule has 0 aliphatic rings. The lowest BCUT2D eigenvalue weighted by Gasteiger charge is -2.11. The lowest BCUT2D eigenvalue weighted by molar-refractivity contribution is -0.139. The number of amides is 1. The molecule has 0 fully saturated rings. The molecule has 0 saturated heterocycles. The number of benzene rings is 1. The van der Waals surface area contributed by atoms with Crippen LogP contribution in [0.25, 0.3) is 0 Å². The Balaban J connectivity index is 2.88. The van der Waals surface area contributed by atoms with E-state index >= 15 is 0 Å². The number of carbonyl (C=O) groups excluding carboxylic acids is 2. The van der Waals surface area contributed by atoms with E-state index in [1.54, 1.807) is 6.07 Å². The van der Waals surface area contributed by atoms with Crippen molar-refractivity contribution in [3.8, 4) is 6.07 Å². The smallest absolute Gasteiger partial charge is 0.417 e. The molecule has 0 saturated carbocycles. The van der Waals surface area contributed by atoms with Gasteiger partial charge in [-0.15, -0.1) is 0 Å². The van der Waals surface area contributed by atoms with Crippen LogP contribution in [0, 0.1) is 11.3 Å². The van der Waals surface area contributed by atoms with Crippen LogP contribution in [0.15, 0.2) is 30.0 Å². The molecule has 1 amide bonds. The summed E-state index contributed by atoms with van der Waals surface area (Å²) in [5, 5.41) is 12.9. The number of nitrogens with one attached hydrogen (secondary N) is 2. The number of hydrogen-bond donors (Lipinski definition) is 2. The second kappa shape index (κ2) is 8.21.